The van der Waals surface area contributed by atoms with E-state index < -0.39 is 11.7 Å². The van der Waals surface area contributed by atoms with Crippen molar-refractivity contribution in [3.63, 3.8) is 0 Å². The van der Waals surface area contributed by atoms with Crippen LogP contribution in [0.25, 0.3) is 0 Å². The van der Waals surface area contributed by atoms with E-state index in [1.807, 2.05) is 24.3 Å². The largest absolute Gasteiger partial charge is 0.417 e. The number of carbonyl (C=O) groups is 1. The molecule has 0 spiro atoms. The van der Waals surface area contributed by atoms with Crippen LogP contribution in [0.1, 0.15) is 16.7 Å². The standard InChI is InChI=1S/C17H14ClF3N2OS/c18-14-7-12(17(19,20)21)8-22-16(14)25-9-15(24)23-13-5-10-3-1-2-4-11(10)6-13/h1-4,7-8,13H,5-6,9H2,(H,23,24). The van der Waals surface area contributed by atoms with Gasteiger partial charge in [0.2, 0.25) is 5.91 Å². The fourth-order valence-electron chi connectivity index (χ4n) is 2.75. The predicted octanol–water partition coefficient (Wildman–Crippen LogP) is 4.13. The first kappa shape index (κ1) is 18.1. The summed E-state index contributed by atoms with van der Waals surface area (Å²) >= 11 is 6.85. The Labute approximate surface area is 152 Å². The molecule has 0 saturated carbocycles. The first-order valence-corrected chi connectivity index (χ1v) is 8.91. The fourth-order valence-corrected chi connectivity index (χ4v) is 3.76. The highest BCUT2D eigenvalue weighted by Crippen LogP contribution is 2.33. The lowest BCUT2D eigenvalue weighted by Gasteiger charge is -2.12. The number of hydrogen-bond acceptors (Lipinski definition) is 3. The number of hydrogen-bond donors (Lipinski definition) is 1. The van der Waals surface area contributed by atoms with Crippen LogP contribution in [0.5, 0.6) is 0 Å². The smallest absolute Gasteiger partial charge is 0.352 e. The predicted molar refractivity (Wildman–Crippen MR) is 90.8 cm³/mol. The monoisotopic (exact) mass is 386 g/mol. The lowest BCUT2D eigenvalue weighted by atomic mass is 10.1. The molecule has 0 saturated heterocycles. The van der Waals surface area contributed by atoms with Gasteiger partial charge in [0.15, 0.2) is 0 Å². The van der Waals surface area contributed by atoms with Crippen molar-refractivity contribution in [2.24, 2.45) is 0 Å². The third kappa shape index (κ3) is 4.46. The van der Waals surface area contributed by atoms with Gasteiger partial charge in [0, 0.05) is 12.2 Å². The lowest BCUT2D eigenvalue weighted by molar-refractivity contribution is -0.137. The zero-order valence-electron chi connectivity index (χ0n) is 12.9. The van der Waals surface area contributed by atoms with Gasteiger partial charge in [-0.2, -0.15) is 13.2 Å². The summed E-state index contributed by atoms with van der Waals surface area (Å²) in [5.41, 5.74) is 1.55. The summed E-state index contributed by atoms with van der Waals surface area (Å²) in [4.78, 5) is 15.8. The van der Waals surface area contributed by atoms with Crippen LogP contribution in [-0.4, -0.2) is 22.7 Å². The SMILES string of the molecule is O=C(CSc1ncc(C(F)(F)F)cc1Cl)NC1Cc2ccccc2C1. The van der Waals surface area contributed by atoms with Crippen LogP contribution in [0.4, 0.5) is 13.2 Å². The zero-order valence-corrected chi connectivity index (χ0v) is 14.5. The summed E-state index contributed by atoms with van der Waals surface area (Å²) in [6.45, 7) is 0. The third-order valence-electron chi connectivity index (χ3n) is 3.89. The number of alkyl halides is 3. The van der Waals surface area contributed by atoms with Crippen LogP contribution in [0.15, 0.2) is 41.6 Å². The lowest BCUT2D eigenvalue weighted by Crippen LogP contribution is -2.36. The molecule has 0 aliphatic heterocycles. The van der Waals surface area contributed by atoms with Crippen molar-refractivity contribution in [1.82, 2.24) is 10.3 Å². The summed E-state index contributed by atoms with van der Waals surface area (Å²) in [5.74, 6) is -0.147. The first-order chi connectivity index (χ1) is 11.8. The molecule has 1 N–H and O–H groups in total. The van der Waals surface area contributed by atoms with Crippen molar-refractivity contribution >= 4 is 29.3 Å². The molecule has 25 heavy (non-hydrogen) atoms. The van der Waals surface area contributed by atoms with Crippen molar-refractivity contribution in [2.45, 2.75) is 30.1 Å². The minimum atomic E-state index is -4.49. The van der Waals surface area contributed by atoms with Gasteiger partial charge in [0.25, 0.3) is 0 Å². The number of carbonyl (C=O) groups excluding carboxylic acids is 1. The second-order valence-electron chi connectivity index (χ2n) is 5.74. The number of halogens is 4. The topological polar surface area (TPSA) is 42.0 Å². The van der Waals surface area contributed by atoms with E-state index in [1.165, 1.54) is 11.1 Å². The van der Waals surface area contributed by atoms with Gasteiger partial charge in [-0.05, 0) is 30.0 Å². The molecule has 3 nitrogen and oxygen atoms in total. The van der Waals surface area contributed by atoms with Crippen LogP contribution in [-0.2, 0) is 23.8 Å². The van der Waals surface area contributed by atoms with Gasteiger partial charge in [0.1, 0.15) is 5.03 Å². The van der Waals surface area contributed by atoms with Crippen LogP contribution >= 0.6 is 23.4 Å². The van der Waals surface area contributed by atoms with Gasteiger partial charge >= 0.3 is 6.18 Å². The van der Waals surface area contributed by atoms with Crippen molar-refractivity contribution in [3.05, 3.63) is 58.2 Å². The maximum Gasteiger partial charge on any atom is 0.417 e. The van der Waals surface area contributed by atoms with Crippen molar-refractivity contribution < 1.29 is 18.0 Å². The molecule has 1 amide bonds. The molecule has 1 aliphatic rings. The Hall–Kier alpha value is -1.73. The van der Waals surface area contributed by atoms with Crippen molar-refractivity contribution in [3.8, 4) is 0 Å². The first-order valence-electron chi connectivity index (χ1n) is 7.54. The van der Waals surface area contributed by atoms with Gasteiger partial charge < -0.3 is 5.32 Å². The molecule has 3 rings (SSSR count). The Balaban J connectivity index is 1.53. The summed E-state index contributed by atoms with van der Waals surface area (Å²) in [6, 6.07) is 8.89. The maximum absolute atomic E-state index is 12.6. The van der Waals surface area contributed by atoms with E-state index in [0.717, 1.165) is 36.9 Å². The number of nitrogens with one attached hydrogen (secondary N) is 1. The van der Waals surface area contributed by atoms with Gasteiger partial charge in [-0.15, -0.1) is 0 Å². The second kappa shape index (κ2) is 7.25. The number of benzene rings is 1. The van der Waals surface area contributed by atoms with E-state index in [1.54, 1.807) is 0 Å². The van der Waals surface area contributed by atoms with Crippen LogP contribution in [0, 0.1) is 0 Å². The molecular formula is C17H14ClF3N2OS. The summed E-state index contributed by atoms with van der Waals surface area (Å²) in [6.07, 6.45) is -2.20. The molecule has 0 fully saturated rings. The molecule has 132 valence electrons. The Morgan fingerprint density at radius 1 is 1.28 bits per heavy atom. The molecule has 1 heterocycles. The molecule has 1 aromatic carbocycles. The molecule has 1 aliphatic carbocycles. The van der Waals surface area contributed by atoms with Gasteiger partial charge in [0.05, 0.1) is 16.3 Å². The highest BCUT2D eigenvalue weighted by molar-refractivity contribution is 8.00. The number of pyridine rings is 1. The summed E-state index contributed by atoms with van der Waals surface area (Å²) in [5, 5.41) is 3.04. The van der Waals surface area contributed by atoms with Gasteiger partial charge in [-0.1, -0.05) is 47.6 Å². The highest BCUT2D eigenvalue weighted by Gasteiger charge is 2.31. The maximum atomic E-state index is 12.6. The van der Waals surface area contributed by atoms with Crippen LogP contribution < -0.4 is 5.32 Å². The van der Waals surface area contributed by atoms with Crippen LogP contribution in [0.3, 0.4) is 0 Å². The van der Waals surface area contributed by atoms with Gasteiger partial charge in [-0.3, -0.25) is 4.79 Å². The number of amides is 1. The third-order valence-corrected chi connectivity index (χ3v) is 5.30. The average molecular weight is 387 g/mol. The number of nitrogens with zero attached hydrogens (tertiary/aromatic N) is 1. The molecule has 0 unspecified atom stereocenters. The van der Waals surface area contributed by atoms with E-state index in [-0.39, 0.29) is 27.8 Å². The van der Waals surface area contributed by atoms with Crippen molar-refractivity contribution in [1.29, 1.82) is 0 Å². The van der Waals surface area contributed by atoms with Crippen molar-refractivity contribution in [2.75, 3.05) is 5.75 Å². The Morgan fingerprint density at radius 2 is 1.92 bits per heavy atom. The minimum Gasteiger partial charge on any atom is -0.352 e. The molecule has 0 atom stereocenters. The fraction of sp³-hybridized carbons (Fsp3) is 0.294. The Kier molecular flexibility index (Phi) is 5.24. The number of rotatable bonds is 4. The molecule has 1 aromatic heterocycles. The highest BCUT2D eigenvalue weighted by atomic mass is 35.5. The average Bonchev–Trinajstić information content (AvgIpc) is 2.94. The minimum absolute atomic E-state index is 0.0431. The number of fused-ring (bicyclic) bond motifs is 1. The summed E-state index contributed by atoms with van der Waals surface area (Å²) in [7, 11) is 0. The van der Waals surface area contributed by atoms with E-state index in [0.29, 0.717) is 0 Å². The normalized spacial score (nSPS) is 14.4. The molecule has 2 aromatic rings. The molecule has 0 bridgehead atoms. The number of thioether (sulfide) groups is 1. The number of aromatic nitrogens is 1. The van der Waals surface area contributed by atoms with E-state index in [2.05, 4.69) is 10.3 Å². The molecule has 8 heteroatoms. The van der Waals surface area contributed by atoms with E-state index in [9.17, 15) is 18.0 Å². The zero-order chi connectivity index (χ0) is 18.0. The van der Waals surface area contributed by atoms with Crippen LogP contribution in [0.2, 0.25) is 5.02 Å². The Bertz CT molecular complexity index is 773. The van der Waals surface area contributed by atoms with E-state index in [4.69, 9.17) is 11.6 Å². The molecular weight excluding hydrogens is 373 g/mol. The Morgan fingerprint density at radius 3 is 2.48 bits per heavy atom. The second-order valence-corrected chi connectivity index (χ2v) is 7.11. The van der Waals surface area contributed by atoms with E-state index >= 15 is 0 Å². The molecule has 0 radical (unpaired) electrons. The van der Waals surface area contributed by atoms with Gasteiger partial charge in [-0.25, -0.2) is 4.98 Å². The quantitative estimate of drug-likeness (QED) is 0.803. The summed E-state index contributed by atoms with van der Waals surface area (Å²) < 4.78 is 37.8.